The van der Waals surface area contributed by atoms with Crippen LogP contribution in [0.5, 0.6) is 0 Å². The Bertz CT molecular complexity index is 218. The predicted octanol–water partition coefficient (Wildman–Crippen LogP) is 2.01. The quantitative estimate of drug-likeness (QED) is 0.615. The highest BCUT2D eigenvalue weighted by Gasteiger charge is 2.20. The van der Waals surface area contributed by atoms with E-state index in [1.54, 1.807) is 13.8 Å². The second-order valence-electron chi connectivity index (χ2n) is 3.15. The van der Waals surface area contributed by atoms with Crippen LogP contribution < -0.4 is 0 Å². The fraction of sp³-hybridized carbons (Fsp3) is 0.818. The van der Waals surface area contributed by atoms with Gasteiger partial charge in [-0.1, -0.05) is 13.3 Å². The second-order valence-corrected chi connectivity index (χ2v) is 4.34. The zero-order valence-electron chi connectivity index (χ0n) is 10.2. The maximum Gasteiger partial charge on any atom is 0.319 e. The van der Waals surface area contributed by atoms with E-state index in [0.29, 0.717) is 13.2 Å². The molecular weight excluding hydrogens is 228 g/mol. The summed E-state index contributed by atoms with van der Waals surface area (Å²) in [5.41, 5.74) is 0. The third-order valence-corrected chi connectivity index (χ3v) is 3.04. The minimum atomic E-state index is -0.280. The number of carbonyl (C=O) groups excluding carboxylic acids is 2. The summed E-state index contributed by atoms with van der Waals surface area (Å²) in [4.78, 5) is 22.6. The lowest BCUT2D eigenvalue weighted by Gasteiger charge is -2.13. The first kappa shape index (κ1) is 15.3. The van der Waals surface area contributed by atoms with Crippen molar-refractivity contribution < 1.29 is 19.1 Å². The van der Waals surface area contributed by atoms with Gasteiger partial charge in [0.2, 0.25) is 0 Å². The molecule has 1 atom stereocenters. The van der Waals surface area contributed by atoms with Crippen LogP contribution in [-0.2, 0) is 19.1 Å². The normalized spacial score (nSPS) is 11.9. The lowest BCUT2D eigenvalue weighted by atomic mass is 10.2. The van der Waals surface area contributed by atoms with Crippen molar-refractivity contribution >= 4 is 23.7 Å². The van der Waals surface area contributed by atoms with Crippen LogP contribution in [-0.4, -0.2) is 36.2 Å². The lowest BCUT2D eigenvalue weighted by Crippen LogP contribution is -2.22. The molecule has 0 N–H and O–H groups in total. The highest BCUT2D eigenvalue weighted by atomic mass is 32.2. The van der Waals surface area contributed by atoms with Crippen LogP contribution in [0.1, 0.15) is 33.6 Å². The fourth-order valence-electron chi connectivity index (χ4n) is 1.14. The van der Waals surface area contributed by atoms with Crippen LogP contribution in [0.3, 0.4) is 0 Å². The van der Waals surface area contributed by atoms with Crippen molar-refractivity contribution in [2.24, 2.45) is 0 Å². The lowest BCUT2D eigenvalue weighted by molar-refractivity contribution is -0.142. The molecule has 0 aliphatic carbocycles. The Morgan fingerprint density at radius 1 is 1.12 bits per heavy atom. The largest absolute Gasteiger partial charge is 0.465 e. The number of hydrogen-bond donors (Lipinski definition) is 0. The SMILES string of the molecule is CCCC(SCC(=O)OCC)C(=O)OCC. The Morgan fingerprint density at radius 2 is 1.75 bits per heavy atom. The van der Waals surface area contributed by atoms with Crippen molar-refractivity contribution in [2.45, 2.75) is 38.9 Å². The maximum absolute atomic E-state index is 11.5. The molecule has 0 amide bonds. The van der Waals surface area contributed by atoms with Crippen LogP contribution >= 0.6 is 11.8 Å². The van der Waals surface area contributed by atoms with Crippen molar-refractivity contribution in [2.75, 3.05) is 19.0 Å². The van der Waals surface area contributed by atoms with Gasteiger partial charge in [0.1, 0.15) is 5.25 Å². The first-order valence-corrected chi connectivity index (χ1v) is 6.64. The molecular formula is C11H20O4S. The van der Waals surface area contributed by atoms with E-state index in [1.807, 2.05) is 6.92 Å². The second kappa shape index (κ2) is 9.51. The number of ether oxygens (including phenoxy) is 2. The number of rotatable bonds is 8. The van der Waals surface area contributed by atoms with Crippen LogP contribution in [0.2, 0.25) is 0 Å². The van der Waals surface area contributed by atoms with E-state index in [9.17, 15) is 9.59 Å². The maximum atomic E-state index is 11.5. The molecule has 0 rings (SSSR count). The van der Waals surface area contributed by atoms with E-state index in [1.165, 1.54) is 11.8 Å². The molecule has 94 valence electrons. The summed E-state index contributed by atoms with van der Waals surface area (Å²) < 4.78 is 9.74. The molecule has 0 radical (unpaired) electrons. The first-order chi connectivity index (χ1) is 7.65. The van der Waals surface area contributed by atoms with Gasteiger partial charge in [0.25, 0.3) is 0 Å². The van der Waals surface area contributed by atoms with Crippen molar-refractivity contribution in [1.29, 1.82) is 0 Å². The van der Waals surface area contributed by atoms with E-state index in [0.717, 1.165) is 12.8 Å². The van der Waals surface area contributed by atoms with E-state index in [4.69, 9.17) is 9.47 Å². The van der Waals surface area contributed by atoms with Gasteiger partial charge in [-0.25, -0.2) is 0 Å². The summed E-state index contributed by atoms with van der Waals surface area (Å²) in [5.74, 6) is -0.311. The monoisotopic (exact) mass is 248 g/mol. The highest BCUT2D eigenvalue weighted by molar-refractivity contribution is 8.01. The number of hydrogen-bond acceptors (Lipinski definition) is 5. The molecule has 0 bridgehead atoms. The van der Waals surface area contributed by atoms with E-state index in [2.05, 4.69) is 0 Å². The van der Waals surface area contributed by atoms with Crippen LogP contribution in [0, 0.1) is 0 Å². The Morgan fingerprint density at radius 3 is 2.25 bits per heavy atom. The third-order valence-electron chi connectivity index (χ3n) is 1.81. The van der Waals surface area contributed by atoms with Crippen LogP contribution in [0.4, 0.5) is 0 Å². The van der Waals surface area contributed by atoms with E-state index >= 15 is 0 Å². The van der Waals surface area contributed by atoms with Gasteiger partial charge < -0.3 is 9.47 Å². The van der Waals surface area contributed by atoms with Crippen molar-refractivity contribution in [3.63, 3.8) is 0 Å². The highest BCUT2D eigenvalue weighted by Crippen LogP contribution is 2.18. The number of carbonyl (C=O) groups is 2. The summed E-state index contributed by atoms with van der Waals surface area (Å²) in [6.45, 7) is 6.28. The molecule has 0 aliphatic rings. The molecule has 0 heterocycles. The molecule has 1 unspecified atom stereocenters. The molecule has 0 fully saturated rings. The molecule has 16 heavy (non-hydrogen) atoms. The zero-order valence-corrected chi connectivity index (χ0v) is 11.0. The summed E-state index contributed by atoms with van der Waals surface area (Å²) in [5, 5.41) is -0.255. The Hall–Kier alpha value is -0.710. The Balaban J connectivity index is 4.02. The minimum absolute atomic E-state index is 0.206. The predicted molar refractivity (Wildman–Crippen MR) is 64.4 cm³/mol. The molecule has 0 aliphatic heterocycles. The van der Waals surface area contributed by atoms with Gasteiger partial charge in [0, 0.05) is 0 Å². The minimum Gasteiger partial charge on any atom is -0.465 e. The van der Waals surface area contributed by atoms with Crippen LogP contribution in [0.25, 0.3) is 0 Å². The van der Waals surface area contributed by atoms with Gasteiger partial charge in [-0.3, -0.25) is 9.59 Å². The molecule has 0 saturated heterocycles. The van der Waals surface area contributed by atoms with Gasteiger partial charge in [0.15, 0.2) is 0 Å². The molecule has 5 heteroatoms. The number of thioether (sulfide) groups is 1. The van der Waals surface area contributed by atoms with Crippen molar-refractivity contribution in [3.8, 4) is 0 Å². The van der Waals surface area contributed by atoms with Gasteiger partial charge in [0.05, 0.1) is 19.0 Å². The van der Waals surface area contributed by atoms with E-state index in [-0.39, 0.29) is 22.9 Å². The Kier molecular flexibility index (Phi) is 9.09. The van der Waals surface area contributed by atoms with Gasteiger partial charge in [-0.05, 0) is 20.3 Å². The molecule has 0 saturated carbocycles. The van der Waals surface area contributed by atoms with Crippen molar-refractivity contribution in [3.05, 3.63) is 0 Å². The fourth-order valence-corrected chi connectivity index (χ4v) is 2.17. The topological polar surface area (TPSA) is 52.6 Å². The summed E-state index contributed by atoms with van der Waals surface area (Å²) in [6.07, 6.45) is 1.61. The molecule has 0 spiro atoms. The van der Waals surface area contributed by atoms with Crippen molar-refractivity contribution in [1.82, 2.24) is 0 Å². The van der Waals surface area contributed by atoms with Gasteiger partial charge in [-0.2, -0.15) is 0 Å². The first-order valence-electron chi connectivity index (χ1n) is 5.59. The van der Waals surface area contributed by atoms with Gasteiger partial charge in [-0.15, -0.1) is 11.8 Å². The van der Waals surface area contributed by atoms with Crippen LogP contribution in [0.15, 0.2) is 0 Å². The zero-order chi connectivity index (χ0) is 12.4. The number of esters is 2. The summed E-state index contributed by atoms with van der Waals surface area (Å²) >= 11 is 1.29. The molecule has 0 aromatic rings. The smallest absolute Gasteiger partial charge is 0.319 e. The third kappa shape index (κ3) is 6.71. The average Bonchev–Trinajstić information content (AvgIpc) is 2.24. The summed E-state index contributed by atoms with van der Waals surface area (Å²) in [7, 11) is 0. The molecule has 0 aromatic heterocycles. The van der Waals surface area contributed by atoms with E-state index < -0.39 is 0 Å². The summed E-state index contributed by atoms with van der Waals surface area (Å²) in [6, 6.07) is 0. The molecule has 4 nitrogen and oxygen atoms in total. The Labute approximate surface area is 101 Å². The standard InChI is InChI=1S/C11H20O4S/c1-4-7-9(11(13)15-6-3)16-8-10(12)14-5-2/h9H,4-8H2,1-3H3. The average molecular weight is 248 g/mol. The van der Waals surface area contributed by atoms with Gasteiger partial charge >= 0.3 is 11.9 Å². The molecule has 0 aromatic carbocycles.